The van der Waals surface area contributed by atoms with Crippen LogP contribution in [0.4, 0.5) is 0 Å². The van der Waals surface area contributed by atoms with Crippen LogP contribution in [0, 0.1) is 0 Å². The number of hydrazone groups is 1. The fourth-order valence-electron chi connectivity index (χ4n) is 2.76. The number of carbonyl (C=O) groups excluding carboxylic acids is 1. The van der Waals surface area contributed by atoms with Crippen molar-refractivity contribution in [3.8, 4) is 17.2 Å². The Bertz CT molecular complexity index is 874. The second-order valence-corrected chi connectivity index (χ2v) is 6.62. The summed E-state index contributed by atoms with van der Waals surface area (Å²) in [5.74, 6) is 1.46. The van der Waals surface area contributed by atoms with E-state index in [0.717, 1.165) is 10.0 Å². The average molecular weight is 435 g/mol. The highest BCUT2D eigenvalue weighted by molar-refractivity contribution is 9.10. The van der Waals surface area contributed by atoms with E-state index in [1.807, 2.05) is 24.3 Å². The number of rotatable bonds is 5. The van der Waals surface area contributed by atoms with Crippen LogP contribution in [-0.2, 0) is 9.53 Å². The van der Waals surface area contributed by atoms with E-state index in [-0.39, 0.29) is 11.8 Å². The Morgan fingerprint density at radius 1 is 1.11 bits per heavy atom. The van der Waals surface area contributed by atoms with Crippen LogP contribution >= 0.6 is 15.9 Å². The molecule has 0 N–H and O–H groups in total. The zero-order valence-electron chi connectivity index (χ0n) is 15.4. The summed E-state index contributed by atoms with van der Waals surface area (Å²) in [7, 11) is 4.60. The van der Waals surface area contributed by atoms with Crippen LogP contribution in [0.1, 0.15) is 24.3 Å². The van der Waals surface area contributed by atoms with E-state index in [0.29, 0.717) is 22.8 Å². The third kappa shape index (κ3) is 3.71. The van der Waals surface area contributed by atoms with Gasteiger partial charge in [-0.2, -0.15) is 5.01 Å². The number of halogens is 1. The normalized spacial score (nSPS) is 15.8. The zero-order chi connectivity index (χ0) is 19.6. The number of ether oxygens (including phenoxy) is 4. The van der Waals surface area contributed by atoms with Gasteiger partial charge in [-0.1, -0.05) is 28.1 Å². The number of benzene rings is 2. The predicted molar refractivity (Wildman–Crippen MR) is 103 cm³/mol. The summed E-state index contributed by atoms with van der Waals surface area (Å²) in [5, 5.41) is 5.67. The van der Waals surface area contributed by atoms with Crippen LogP contribution in [0.5, 0.6) is 17.2 Å². The summed E-state index contributed by atoms with van der Waals surface area (Å²) in [5.41, 5.74) is 1.40. The Labute approximate surface area is 165 Å². The molecule has 2 aromatic carbocycles. The lowest BCUT2D eigenvalue weighted by atomic mass is 10.1. The van der Waals surface area contributed by atoms with Crippen LogP contribution in [0.25, 0.3) is 0 Å². The minimum atomic E-state index is -0.658. The van der Waals surface area contributed by atoms with Gasteiger partial charge >= 0.3 is 0 Å². The molecule has 142 valence electrons. The van der Waals surface area contributed by atoms with Gasteiger partial charge in [-0.15, -0.1) is 5.10 Å². The van der Waals surface area contributed by atoms with Crippen molar-refractivity contribution in [2.45, 2.75) is 13.2 Å². The summed E-state index contributed by atoms with van der Waals surface area (Å²) >= 11 is 3.44. The molecule has 27 heavy (non-hydrogen) atoms. The first-order valence-corrected chi connectivity index (χ1v) is 8.88. The molecule has 0 saturated carbocycles. The van der Waals surface area contributed by atoms with E-state index in [4.69, 9.17) is 18.9 Å². The lowest BCUT2D eigenvalue weighted by Gasteiger charge is -2.19. The van der Waals surface area contributed by atoms with Crippen LogP contribution < -0.4 is 14.2 Å². The maximum Gasteiger partial charge on any atom is 0.243 e. The molecule has 0 bridgehead atoms. The fourth-order valence-corrected chi connectivity index (χ4v) is 3.18. The molecule has 1 atom stereocenters. The molecular weight excluding hydrogens is 416 g/mol. The maximum atomic E-state index is 12.1. The van der Waals surface area contributed by atoms with E-state index < -0.39 is 6.23 Å². The van der Waals surface area contributed by atoms with Gasteiger partial charge in [0.1, 0.15) is 0 Å². The van der Waals surface area contributed by atoms with Crippen molar-refractivity contribution in [3.63, 3.8) is 0 Å². The summed E-state index contributed by atoms with van der Waals surface area (Å²) in [6.45, 7) is 1.44. The van der Waals surface area contributed by atoms with Crippen molar-refractivity contribution in [2.75, 3.05) is 21.3 Å². The molecule has 0 saturated heterocycles. The molecule has 1 aliphatic rings. The number of hydrogen-bond acceptors (Lipinski definition) is 6. The quantitative estimate of drug-likeness (QED) is 0.716. The molecule has 3 rings (SSSR count). The zero-order valence-corrected chi connectivity index (χ0v) is 16.9. The molecule has 1 heterocycles. The van der Waals surface area contributed by atoms with Gasteiger partial charge < -0.3 is 18.9 Å². The molecule has 0 aromatic heterocycles. The number of amides is 1. The van der Waals surface area contributed by atoms with Gasteiger partial charge in [0.05, 0.1) is 21.3 Å². The first-order chi connectivity index (χ1) is 13.0. The van der Waals surface area contributed by atoms with E-state index in [2.05, 4.69) is 21.0 Å². The van der Waals surface area contributed by atoms with Crippen molar-refractivity contribution < 1.29 is 23.7 Å². The second-order valence-electron chi connectivity index (χ2n) is 5.71. The van der Waals surface area contributed by atoms with Crippen molar-refractivity contribution in [1.82, 2.24) is 5.01 Å². The first kappa shape index (κ1) is 19.0. The number of nitrogens with zero attached hydrogens (tertiary/aromatic N) is 2. The smallest absolute Gasteiger partial charge is 0.243 e. The van der Waals surface area contributed by atoms with Crippen LogP contribution in [0.2, 0.25) is 0 Å². The van der Waals surface area contributed by atoms with E-state index in [9.17, 15) is 4.79 Å². The first-order valence-electron chi connectivity index (χ1n) is 8.09. The number of methoxy groups -OCH3 is 3. The lowest BCUT2D eigenvalue weighted by Crippen LogP contribution is -2.25. The molecule has 2 aromatic rings. The molecule has 1 aliphatic heterocycles. The standard InChI is InChI=1S/C19H19BrN2O5/c1-11(23)22-19(12-6-5-7-14(20)8-12)27-18(21-22)13-9-15(24-2)17(26-4)16(10-13)25-3/h5-10,19H,1-4H3/t19-/m1/s1. The average Bonchev–Trinajstić information content (AvgIpc) is 3.12. The highest BCUT2D eigenvalue weighted by atomic mass is 79.9. The Morgan fingerprint density at radius 2 is 1.78 bits per heavy atom. The van der Waals surface area contributed by atoms with Gasteiger partial charge in [0.15, 0.2) is 11.5 Å². The number of carbonyl (C=O) groups is 1. The van der Waals surface area contributed by atoms with Gasteiger partial charge in [-0.3, -0.25) is 4.79 Å². The van der Waals surface area contributed by atoms with Gasteiger partial charge in [0.2, 0.25) is 23.8 Å². The highest BCUT2D eigenvalue weighted by Crippen LogP contribution is 2.40. The molecule has 1 amide bonds. The largest absolute Gasteiger partial charge is 0.493 e. The van der Waals surface area contributed by atoms with Gasteiger partial charge in [-0.25, -0.2) is 0 Å². The molecular formula is C19H19BrN2O5. The summed E-state index contributed by atoms with van der Waals surface area (Å²) in [6, 6.07) is 11.0. The molecule has 8 heteroatoms. The van der Waals surface area contributed by atoms with Crippen LogP contribution in [0.3, 0.4) is 0 Å². The Balaban J connectivity index is 2.02. The third-order valence-electron chi connectivity index (χ3n) is 4.01. The number of hydrogen-bond donors (Lipinski definition) is 0. The predicted octanol–water partition coefficient (Wildman–Crippen LogP) is 3.71. The summed E-state index contributed by atoms with van der Waals surface area (Å²) < 4.78 is 23.0. The molecule has 0 spiro atoms. The third-order valence-corrected chi connectivity index (χ3v) is 4.51. The fraction of sp³-hybridized carbons (Fsp3) is 0.263. The SMILES string of the molecule is COc1cc(C2=NN(C(C)=O)[C@@H](c3cccc(Br)c3)O2)cc(OC)c1OC. The second kappa shape index (κ2) is 7.87. The molecule has 0 unspecified atom stereocenters. The molecule has 0 radical (unpaired) electrons. The van der Waals surface area contributed by atoms with Crippen LogP contribution in [-0.4, -0.2) is 38.1 Å². The van der Waals surface area contributed by atoms with Gasteiger partial charge in [-0.05, 0) is 24.3 Å². The molecule has 0 aliphatic carbocycles. The van der Waals surface area contributed by atoms with Crippen molar-refractivity contribution in [2.24, 2.45) is 5.10 Å². The molecule has 7 nitrogen and oxygen atoms in total. The summed E-state index contributed by atoms with van der Waals surface area (Å²) in [6.07, 6.45) is -0.658. The Kier molecular flexibility index (Phi) is 5.55. The van der Waals surface area contributed by atoms with E-state index >= 15 is 0 Å². The van der Waals surface area contributed by atoms with Gasteiger partial charge in [0.25, 0.3) is 0 Å². The minimum absolute atomic E-state index is 0.234. The summed E-state index contributed by atoms with van der Waals surface area (Å²) in [4.78, 5) is 12.1. The van der Waals surface area contributed by atoms with E-state index in [1.165, 1.54) is 33.3 Å². The lowest BCUT2D eigenvalue weighted by molar-refractivity contribution is -0.135. The Morgan fingerprint density at radius 3 is 2.30 bits per heavy atom. The van der Waals surface area contributed by atoms with Gasteiger partial charge in [0, 0.05) is 22.5 Å². The monoisotopic (exact) mass is 434 g/mol. The van der Waals surface area contributed by atoms with Crippen molar-refractivity contribution in [1.29, 1.82) is 0 Å². The Hall–Kier alpha value is -2.74. The highest BCUT2D eigenvalue weighted by Gasteiger charge is 2.34. The molecule has 0 fully saturated rings. The van der Waals surface area contributed by atoms with E-state index in [1.54, 1.807) is 12.1 Å². The maximum absolute atomic E-state index is 12.1. The minimum Gasteiger partial charge on any atom is -0.493 e. The van der Waals surface area contributed by atoms with Crippen molar-refractivity contribution >= 4 is 27.7 Å². The van der Waals surface area contributed by atoms with Crippen molar-refractivity contribution in [3.05, 3.63) is 52.0 Å². The van der Waals surface area contributed by atoms with Crippen LogP contribution in [0.15, 0.2) is 46.0 Å². The topological polar surface area (TPSA) is 69.6 Å².